The second kappa shape index (κ2) is 10.3. The number of likely N-dealkylation sites (N-methyl/N-ethyl adjacent to an activating group) is 1. The quantitative estimate of drug-likeness (QED) is 0.518. The van der Waals surface area contributed by atoms with E-state index in [1.54, 1.807) is 13.8 Å². The van der Waals surface area contributed by atoms with Gasteiger partial charge in [-0.15, -0.1) is 0 Å². The summed E-state index contributed by atoms with van der Waals surface area (Å²) in [5.41, 5.74) is -2.46. The van der Waals surface area contributed by atoms with Crippen LogP contribution in [0.25, 0.3) is 0 Å². The summed E-state index contributed by atoms with van der Waals surface area (Å²) in [4.78, 5) is 13.1. The Morgan fingerprint density at radius 1 is 1.05 bits per heavy atom. The average Bonchev–Trinajstić information content (AvgIpc) is 3.15. The third kappa shape index (κ3) is 5.95. The molecule has 4 rings (SSSR count). The number of hydrogen-bond acceptors (Lipinski definition) is 5. The topological polar surface area (TPSA) is 66.0 Å². The molecule has 1 aliphatic heterocycles. The van der Waals surface area contributed by atoms with Gasteiger partial charge in [-0.25, -0.2) is 8.78 Å². The van der Waals surface area contributed by atoms with Gasteiger partial charge < -0.3 is 24.3 Å². The Bertz CT molecular complexity index is 1120. The van der Waals surface area contributed by atoms with Crippen LogP contribution in [-0.2, 0) is 43.1 Å². The fourth-order valence-electron chi connectivity index (χ4n) is 4.86. The molecule has 1 aliphatic carbocycles. The zero-order valence-corrected chi connectivity index (χ0v) is 20.5. The molecule has 2 fully saturated rings. The number of hydrogen-bond donors (Lipinski definition) is 1. The number of carbonyl (C=O) groups excluding carboxylic acids is 1. The van der Waals surface area contributed by atoms with Gasteiger partial charge in [-0.1, -0.05) is 18.2 Å². The first-order valence-electron chi connectivity index (χ1n) is 11.8. The molecule has 2 aliphatic rings. The van der Waals surface area contributed by atoms with Crippen molar-refractivity contribution >= 4 is 5.91 Å². The van der Waals surface area contributed by atoms with Crippen molar-refractivity contribution < 1.29 is 45.7 Å². The number of nitrogens with one attached hydrogen (secondary N) is 1. The van der Waals surface area contributed by atoms with Crippen LogP contribution in [0.4, 0.5) is 22.0 Å². The van der Waals surface area contributed by atoms with Crippen LogP contribution in [-0.4, -0.2) is 42.7 Å². The predicted octanol–water partition coefficient (Wildman–Crippen LogP) is 4.88. The van der Waals surface area contributed by atoms with Crippen molar-refractivity contribution in [3.05, 3.63) is 70.8 Å². The van der Waals surface area contributed by atoms with Gasteiger partial charge >= 0.3 is 6.18 Å². The number of rotatable bonds is 7. The Morgan fingerprint density at radius 3 is 2.38 bits per heavy atom. The van der Waals surface area contributed by atoms with Crippen LogP contribution in [0.3, 0.4) is 0 Å². The van der Waals surface area contributed by atoms with Gasteiger partial charge in [0.15, 0.2) is 11.4 Å². The van der Waals surface area contributed by atoms with E-state index in [0.717, 1.165) is 24.3 Å². The second-order valence-corrected chi connectivity index (χ2v) is 9.66. The maximum absolute atomic E-state index is 14.2. The van der Waals surface area contributed by atoms with E-state index in [1.807, 2.05) is 0 Å². The molecule has 2 aromatic rings. The van der Waals surface area contributed by atoms with Crippen LogP contribution in [0.5, 0.6) is 0 Å². The molecule has 4 atom stereocenters. The normalized spacial score (nSPS) is 27.1. The van der Waals surface area contributed by atoms with Crippen LogP contribution in [0, 0.1) is 11.6 Å². The molecule has 0 bridgehead atoms. The van der Waals surface area contributed by atoms with Gasteiger partial charge in [-0.2, -0.15) is 13.2 Å². The zero-order chi connectivity index (χ0) is 27.0. The number of ether oxygens (including phenoxy) is 4. The van der Waals surface area contributed by atoms with Crippen molar-refractivity contribution in [3.63, 3.8) is 0 Å². The second-order valence-electron chi connectivity index (χ2n) is 9.66. The van der Waals surface area contributed by atoms with Crippen molar-refractivity contribution in [2.45, 2.75) is 75.8 Å². The highest BCUT2D eigenvalue weighted by Crippen LogP contribution is 2.44. The van der Waals surface area contributed by atoms with E-state index < -0.39 is 65.6 Å². The molecule has 0 aromatic heterocycles. The Balaban J connectivity index is 1.61. The van der Waals surface area contributed by atoms with Crippen LogP contribution >= 0.6 is 0 Å². The van der Waals surface area contributed by atoms with Crippen molar-refractivity contribution in [2.75, 3.05) is 7.05 Å². The van der Waals surface area contributed by atoms with Gasteiger partial charge in [0.05, 0.1) is 31.0 Å². The Hall–Kier alpha value is -2.60. The molecule has 1 unspecified atom stereocenters. The first kappa shape index (κ1) is 27.4. The molecule has 1 N–H and O–H groups in total. The zero-order valence-electron chi connectivity index (χ0n) is 20.5. The SMILES string of the molecule is CNC(=O)[C@@]1(OCc2cccc(C(F)(F)F)c2)CC(OCc2c(F)cccc2F)[C@@H]2OC(C)(C)O[C@@H]2C1. The summed E-state index contributed by atoms with van der Waals surface area (Å²) >= 11 is 0. The van der Waals surface area contributed by atoms with E-state index in [1.165, 1.54) is 25.2 Å². The highest BCUT2D eigenvalue weighted by Gasteiger charge is 2.58. The molecular weight excluding hydrogens is 501 g/mol. The lowest BCUT2D eigenvalue weighted by molar-refractivity contribution is -0.183. The molecule has 2 aromatic carbocycles. The lowest BCUT2D eigenvalue weighted by atomic mass is 9.78. The number of carbonyl (C=O) groups is 1. The maximum Gasteiger partial charge on any atom is 0.416 e. The highest BCUT2D eigenvalue weighted by atomic mass is 19.4. The van der Waals surface area contributed by atoms with Crippen molar-refractivity contribution in [1.29, 1.82) is 0 Å². The molecule has 1 saturated heterocycles. The van der Waals surface area contributed by atoms with Crippen molar-refractivity contribution in [1.82, 2.24) is 5.32 Å². The van der Waals surface area contributed by atoms with Crippen LogP contribution in [0.1, 0.15) is 43.4 Å². The molecule has 1 amide bonds. The number of alkyl halides is 3. The van der Waals surface area contributed by atoms with Crippen molar-refractivity contribution in [2.24, 2.45) is 0 Å². The fourth-order valence-corrected chi connectivity index (χ4v) is 4.86. The summed E-state index contributed by atoms with van der Waals surface area (Å²) in [6, 6.07) is 8.08. The van der Waals surface area contributed by atoms with Gasteiger partial charge in [0, 0.05) is 25.5 Å². The number of halogens is 5. The monoisotopic (exact) mass is 529 g/mol. The third-order valence-electron chi connectivity index (χ3n) is 6.56. The molecule has 0 radical (unpaired) electrons. The Kier molecular flexibility index (Phi) is 7.62. The van der Waals surface area contributed by atoms with Gasteiger partial charge in [-0.05, 0) is 43.7 Å². The van der Waals surface area contributed by atoms with E-state index in [4.69, 9.17) is 18.9 Å². The van der Waals surface area contributed by atoms with E-state index in [-0.39, 0.29) is 30.6 Å². The Morgan fingerprint density at radius 2 is 1.73 bits per heavy atom. The van der Waals surface area contributed by atoms with E-state index in [2.05, 4.69) is 5.32 Å². The smallest absolute Gasteiger partial charge is 0.370 e. The summed E-state index contributed by atoms with van der Waals surface area (Å²) in [5.74, 6) is -3.12. The Labute approximate surface area is 211 Å². The summed E-state index contributed by atoms with van der Waals surface area (Å²) in [6.07, 6.45) is -6.81. The lowest BCUT2D eigenvalue weighted by Crippen LogP contribution is -2.59. The molecule has 202 valence electrons. The minimum atomic E-state index is -4.53. The molecule has 1 heterocycles. The van der Waals surface area contributed by atoms with Crippen LogP contribution < -0.4 is 5.32 Å². The number of benzene rings is 2. The molecule has 1 saturated carbocycles. The minimum Gasteiger partial charge on any atom is -0.370 e. The third-order valence-corrected chi connectivity index (χ3v) is 6.56. The van der Waals surface area contributed by atoms with Crippen LogP contribution in [0.15, 0.2) is 42.5 Å². The fraction of sp³-hybridized carbons (Fsp3) is 0.500. The van der Waals surface area contributed by atoms with E-state index in [9.17, 15) is 26.7 Å². The number of amides is 1. The van der Waals surface area contributed by atoms with Gasteiger partial charge in [0.1, 0.15) is 17.7 Å². The van der Waals surface area contributed by atoms with E-state index in [0.29, 0.717) is 0 Å². The molecule has 0 spiro atoms. The average molecular weight is 530 g/mol. The van der Waals surface area contributed by atoms with E-state index >= 15 is 0 Å². The summed E-state index contributed by atoms with van der Waals surface area (Å²) in [5, 5.41) is 2.54. The first-order valence-corrected chi connectivity index (χ1v) is 11.8. The molecule has 37 heavy (non-hydrogen) atoms. The number of fused-ring (bicyclic) bond motifs is 1. The highest BCUT2D eigenvalue weighted by molar-refractivity contribution is 5.85. The summed E-state index contributed by atoms with van der Waals surface area (Å²) < 4.78 is 91.9. The molecule has 6 nitrogen and oxygen atoms in total. The van der Waals surface area contributed by atoms with Gasteiger partial charge in [0.2, 0.25) is 0 Å². The predicted molar refractivity (Wildman–Crippen MR) is 121 cm³/mol. The van der Waals surface area contributed by atoms with Gasteiger partial charge in [0.25, 0.3) is 5.91 Å². The molecule has 11 heteroatoms. The summed E-state index contributed by atoms with van der Waals surface area (Å²) in [7, 11) is 1.41. The minimum absolute atomic E-state index is 0.0354. The maximum atomic E-state index is 14.2. The van der Waals surface area contributed by atoms with Crippen molar-refractivity contribution in [3.8, 4) is 0 Å². The largest absolute Gasteiger partial charge is 0.416 e. The lowest BCUT2D eigenvalue weighted by Gasteiger charge is -2.43. The standard InChI is InChI=1S/C26H28F5NO5/c1-24(2)36-21-12-25(23(33)32-3,35-13-15-6-4-7-16(10-15)26(29,30)31)11-20(22(21)37-24)34-14-17-18(27)8-5-9-19(17)28/h4-10,20-22H,11-14H2,1-3H3,(H,32,33)/t20?,21-,22+,25-/m1/s1. The molecular formula is C26H28F5NO5. The first-order chi connectivity index (χ1) is 17.3. The van der Waals surface area contributed by atoms with Gasteiger partial charge in [-0.3, -0.25) is 4.79 Å². The summed E-state index contributed by atoms with van der Waals surface area (Å²) in [6.45, 7) is 2.63. The van der Waals surface area contributed by atoms with Crippen LogP contribution in [0.2, 0.25) is 0 Å².